The molecule has 0 radical (unpaired) electrons. The molecule has 0 N–H and O–H groups in total. The van der Waals surface area contributed by atoms with E-state index in [1.54, 1.807) is 17.0 Å². The molecule has 3 saturated heterocycles. The van der Waals surface area contributed by atoms with Crippen molar-refractivity contribution in [1.29, 1.82) is 0 Å². The Hall–Kier alpha value is -4.19. The van der Waals surface area contributed by atoms with E-state index in [1.165, 1.54) is 18.3 Å². The summed E-state index contributed by atoms with van der Waals surface area (Å²) in [6, 6.07) is 7.19. The molecule has 7 rings (SSSR count). The van der Waals surface area contributed by atoms with Gasteiger partial charge in [0.2, 0.25) is 0 Å². The molecule has 3 aliphatic heterocycles. The summed E-state index contributed by atoms with van der Waals surface area (Å²) in [5.74, 6) is -2.48. The number of likely N-dealkylation sites (N-methyl/N-ethyl adjacent to an activating group) is 1. The Balaban J connectivity index is 1.29. The molecule has 1 amide bonds. The number of carbonyl (C=O) groups excluding carboxylic acids is 1. The average molecular weight is 649 g/mol. The highest BCUT2D eigenvalue weighted by atomic mass is 19.2. The Kier molecular flexibility index (Phi) is 7.89. The number of hydrogen-bond acceptors (Lipinski definition) is 8. The summed E-state index contributed by atoms with van der Waals surface area (Å²) in [5, 5.41) is 0.698. The molecule has 0 spiro atoms. The van der Waals surface area contributed by atoms with Crippen molar-refractivity contribution in [2.75, 3.05) is 44.7 Å². The first-order valence-electron chi connectivity index (χ1n) is 16.3. The molecule has 0 bridgehead atoms. The number of fused-ring (bicyclic) bond motifs is 3. The number of nitrogens with zero attached hydrogens (tertiary/aromatic N) is 6. The average Bonchev–Trinajstić information content (AvgIpc) is 3.77. The van der Waals surface area contributed by atoms with Crippen molar-refractivity contribution >= 4 is 33.6 Å². The lowest BCUT2D eigenvalue weighted by molar-refractivity contribution is 0.0292. The molecule has 47 heavy (non-hydrogen) atoms. The van der Waals surface area contributed by atoms with E-state index < -0.39 is 29.1 Å². The van der Waals surface area contributed by atoms with Crippen LogP contribution in [0.15, 0.2) is 36.5 Å². The molecule has 2 aromatic carbocycles. The van der Waals surface area contributed by atoms with Crippen LogP contribution in [0.3, 0.4) is 0 Å². The zero-order chi connectivity index (χ0) is 33.1. The van der Waals surface area contributed by atoms with Gasteiger partial charge in [-0.2, -0.15) is 9.97 Å². The number of aromatic nitrogens is 3. The standard InChI is InChI=1S/C35H39F3N6O3/c1-34(2,3)47-33(45)43-17-12-22(19-43)42(4)31-24-18-39-29(23-9-5-8-21-10-11-25(36)27(37)26(21)23)28(38)30(24)40-32(41-31)46-20-35-13-6-15-44(35)16-7-14-35/h5,8-11,18,22H,6-7,12-17,19-20H2,1-4H3. The first-order valence-corrected chi connectivity index (χ1v) is 16.3. The predicted octanol–water partition coefficient (Wildman–Crippen LogP) is 6.72. The van der Waals surface area contributed by atoms with Crippen LogP contribution in [-0.4, -0.2) is 87.9 Å². The van der Waals surface area contributed by atoms with Crippen molar-refractivity contribution in [3.63, 3.8) is 0 Å². The summed E-state index contributed by atoms with van der Waals surface area (Å²) in [6.45, 7) is 8.80. The van der Waals surface area contributed by atoms with Gasteiger partial charge in [0.05, 0.1) is 10.9 Å². The van der Waals surface area contributed by atoms with Crippen molar-refractivity contribution in [2.45, 2.75) is 70.1 Å². The van der Waals surface area contributed by atoms with Crippen LogP contribution in [0.1, 0.15) is 52.9 Å². The lowest BCUT2D eigenvalue weighted by atomic mass is 9.95. The molecule has 3 aliphatic rings. The van der Waals surface area contributed by atoms with Crippen molar-refractivity contribution in [1.82, 2.24) is 24.8 Å². The highest BCUT2D eigenvalue weighted by Gasteiger charge is 2.45. The maximum Gasteiger partial charge on any atom is 0.410 e. The highest BCUT2D eigenvalue weighted by molar-refractivity contribution is 5.99. The van der Waals surface area contributed by atoms with E-state index in [2.05, 4.69) is 14.9 Å². The van der Waals surface area contributed by atoms with Crippen molar-refractivity contribution in [2.24, 2.45) is 0 Å². The molecule has 12 heteroatoms. The summed E-state index contributed by atoms with van der Waals surface area (Å²) < 4.78 is 58.0. The molecule has 2 aromatic heterocycles. The first-order chi connectivity index (χ1) is 22.4. The number of hydrogen-bond donors (Lipinski definition) is 0. The fourth-order valence-electron chi connectivity index (χ4n) is 7.43. The SMILES string of the molecule is CN(c1nc(OCC23CCCN2CCC3)nc2c(F)c(-c3cccc4ccc(F)c(F)c34)ncc12)C1CCN(C(=O)OC(C)(C)C)C1. The van der Waals surface area contributed by atoms with E-state index in [4.69, 9.17) is 14.5 Å². The highest BCUT2D eigenvalue weighted by Crippen LogP contribution is 2.40. The van der Waals surface area contributed by atoms with E-state index in [-0.39, 0.29) is 39.8 Å². The van der Waals surface area contributed by atoms with Gasteiger partial charge in [-0.3, -0.25) is 9.88 Å². The summed E-state index contributed by atoms with van der Waals surface area (Å²) in [4.78, 5) is 32.6. The third-order valence-electron chi connectivity index (χ3n) is 9.81. The number of halogens is 3. The maximum atomic E-state index is 16.7. The number of carbonyl (C=O) groups is 1. The fraction of sp³-hybridized carbons (Fsp3) is 0.486. The van der Waals surface area contributed by atoms with Crippen LogP contribution in [0.25, 0.3) is 32.9 Å². The quantitative estimate of drug-likeness (QED) is 0.228. The number of anilines is 1. The first kappa shape index (κ1) is 31.4. The van der Waals surface area contributed by atoms with Gasteiger partial charge >= 0.3 is 12.1 Å². The summed E-state index contributed by atoms with van der Waals surface area (Å²) in [5.41, 5.74) is -0.783. The van der Waals surface area contributed by atoms with Crippen LogP contribution in [0.5, 0.6) is 6.01 Å². The van der Waals surface area contributed by atoms with Gasteiger partial charge in [0, 0.05) is 43.3 Å². The number of amides is 1. The zero-order valence-electron chi connectivity index (χ0n) is 27.2. The maximum absolute atomic E-state index is 16.7. The molecule has 1 atom stereocenters. The van der Waals surface area contributed by atoms with Gasteiger partial charge in [0.15, 0.2) is 17.5 Å². The normalized spacial score (nSPS) is 19.5. The molecular weight excluding hydrogens is 609 g/mol. The molecule has 248 valence electrons. The Morgan fingerprint density at radius 3 is 2.55 bits per heavy atom. The minimum absolute atomic E-state index is 0.0284. The van der Waals surface area contributed by atoms with Crippen molar-refractivity contribution < 1.29 is 27.4 Å². The summed E-state index contributed by atoms with van der Waals surface area (Å²) in [6.07, 6.45) is 5.94. The zero-order valence-corrected chi connectivity index (χ0v) is 27.2. The van der Waals surface area contributed by atoms with Gasteiger partial charge in [0.25, 0.3) is 0 Å². The van der Waals surface area contributed by atoms with Crippen molar-refractivity contribution in [3.8, 4) is 17.3 Å². The summed E-state index contributed by atoms with van der Waals surface area (Å²) >= 11 is 0. The monoisotopic (exact) mass is 648 g/mol. The third kappa shape index (κ3) is 5.70. The van der Waals surface area contributed by atoms with Crippen molar-refractivity contribution in [3.05, 3.63) is 54.0 Å². The Morgan fingerprint density at radius 2 is 1.81 bits per heavy atom. The van der Waals surface area contributed by atoms with Gasteiger partial charge in [-0.05, 0) is 77.4 Å². The minimum atomic E-state index is -1.07. The number of ether oxygens (including phenoxy) is 2. The molecule has 9 nitrogen and oxygen atoms in total. The van der Waals surface area contributed by atoms with E-state index in [9.17, 15) is 9.18 Å². The molecule has 4 aromatic rings. The third-order valence-corrected chi connectivity index (χ3v) is 9.81. The van der Waals surface area contributed by atoms with Crippen LogP contribution >= 0.6 is 0 Å². The molecule has 0 aliphatic carbocycles. The lowest BCUT2D eigenvalue weighted by Crippen LogP contribution is -2.43. The second-order valence-electron chi connectivity index (χ2n) is 14.0. The van der Waals surface area contributed by atoms with Gasteiger partial charge in [-0.25, -0.2) is 18.0 Å². The second kappa shape index (κ2) is 11.8. The van der Waals surface area contributed by atoms with Crippen LogP contribution in [0, 0.1) is 17.5 Å². The Labute approximate surface area is 271 Å². The van der Waals surface area contributed by atoms with Gasteiger partial charge in [-0.15, -0.1) is 0 Å². The number of pyridine rings is 1. The molecular formula is C35H39F3N6O3. The lowest BCUT2D eigenvalue weighted by Gasteiger charge is -2.31. The number of benzene rings is 2. The molecule has 1 unspecified atom stereocenters. The van der Waals surface area contributed by atoms with E-state index in [0.29, 0.717) is 42.7 Å². The molecule has 5 heterocycles. The number of rotatable bonds is 6. The van der Waals surface area contributed by atoms with E-state index in [1.807, 2.05) is 32.7 Å². The second-order valence-corrected chi connectivity index (χ2v) is 14.0. The van der Waals surface area contributed by atoms with Crippen LogP contribution in [0.4, 0.5) is 23.8 Å². The Morgan fingerprint density at radius 1 is 1.04 bits per heavy atom. The predicted molar refractivity (Wildman–Crippen MR) is 173 cm³/mol. The van der Waals surface area contributed by atoms with Crippen LogP contribution in [-0.2, 0) is 4.74 Å². The van der Waals surface area contributed by atoms with Crippen LogP contribution in [0.2, 0.25) is 0 Å². The molecule has 3 fully saturated rings. The smallest absolute Gasteiger partial charge is 0.410 e. The van der Waals surface area contributed by atoms with E-state index in [0.717, 1.165) is 44.8 Å². The fourth-order valence-corrected chi connectivity index (χ4v) is 7.43. The topological polar surface area (TPSA) is 83.9 Å². The number of likely N-dealkylation sites (tertiary alicyclic amines) is 1. The summed E-state index contributed by atoms with van der Waals surface area (Å²) in [7, 11) is 1.85. The Bertz CT molecular complexity index is 1850. The van der Waals surface area contributed by atoms with Crippen LogP contribution < -0.4 is 9.64 Å². The van der Waals surface area contributed by atoms with Gasteiger partial charge < -0.3 is 19.3 Å². The largest absolute Gasteiger partial charge is 0.461 e. The van der Waals surface area contributed by atoms with Gasteiger partial charge in [-0.1, -0.05) is 24.3 Å². The van der Waals surface area contributed by atoms with Gasteiger partial charge in [0.1, 0.15) is 29.2 Å². The van der Waals surface area contributed by atoms with E-state index >= 15 is 8.78 Å². The minimum Gasteiger partial charge on any atom is -0.461 e. The molecule has 0 saturated carbocycles.